The zero-order valence-corrected chi connectivity index (χ0v) is 11.0. The van der Waals surface area contributed by atoms with Crippen LogP contribution in [0.5, 0.6) is 0 Å². The Morgan fingerprint density at radius 2 is 1.89 bits per heavy atom. The van der Waals surface area contributed by atoms with Crippen molar-refractivity contribution in [1.29, 1.82) is 0 Å². The third-order valence-corrected chi connectivity index (χ3v) is 3.86. The molecule has 1 atom stereocenters. The molecule has 0 heterocycles. The van der Waals surface area contributed by atoms with Gasteiger partial charge in [-0.2, -0.15) is 0 Å². The van der Waals surface area contributed by atoms with Gasteiger partial charge < -0.3 is 11.1 Å². The van der Waals surface area contributed by atoms with E-state index in [9.17, 15) is 4.79 Å². The first-order valence-electron chi connectivity index (χ1n) is 6.67. The third-order valence-electron chi connectivity index (χ3n) is 3.86. The van der Waals surface area contributed by atoms with E-state index in [1.54, 1.807) is 0 Å². The SMILES string of the molecule is CC(NC(=O)C1(N)CC1)c1ccc2ccccc2c1. The summed E-state index contributed by atoms with van der Waals surface area (Å²) in [5, 5.41) is 5.40. The Kier molecular flexibility index (Phi) is 2.79. The highest BCUT2D eigenvalue weighted by molar-refractivity contribution is 5.89. The summed E-state index contributed by atoms with van der Waals surface area (Å²) in [7, 11) is 0. The summed E-state index contributed by atoms with van der Waals surface area (Å²) in [6.45, 7) is 1.99. The molecule has 1 saturated carbocycles. The van der Waals surface area contributed by atoms with Crippen LogP contribution in [0.2, 0.25) is 0 Å². The molecule has 0 spiro atoms. The number of amides is 1. The van der Waals surface area contributed by atoms with Crippen LogP contribution in [-0.4, -0.2) is 11.4 Å². The van der Waals surface area contributed by atoms with Crippen LogP contribution in [0, 0.1) is 0 Å². The highest BCUT2D eigenvalue weighted by atomic mass is 16.2. The van der Waals surface area contributed by atoms with Gasteiger partial charge in [-0.1, -0.05) is 36.4 Å². The van der Waals surface area contributed by atoms with Crippen LogP contribution < -0.4 is 11.1 Å². The van der Waals surface area contributed by atoms with Gasteiger partial charge in [-0.05, 0) is 42.2 Å². The fourth-order valence-corrected chi connectivity index (χ4v) is 2.26. The minimum Gasteiger partial charge on any atom is -0.348 e. The second kappa shape index (κ2) is 4.35. The molecule has 3 N–H and O–H groups in total. The maximum absolute atomic E-state index is 11.9. The number of carbonyl (C=O) groups is 1. The molecular formula is C16H18N2O. The minimum atomic E-state index is -0.606. The molecule has 0 radical (unpaired) electrons. The molecular weight excluding hydrogens is 236 g/mol. The van der Waals surface area contributed by atoms with E-state index in [2.05, 4.69) is 35.6 Å². The summed E-state index contributed by atoms with van der Waals surface area (Å²) in [6.07, 6.45) is 1.59. The number of nitrogens with one attached hydrogen (secondary N) is 1. The number of rotatable bonds is 3. The molecule has 1 unspecified atom stereocenters. The van der Waals surface area contributed by atoms with Crippen molar-refractivity contribution in [1.82, 2.24) is 5.32 Å². The van der Waals surface area contributed by atoms with Gasteiger partial charge in [0.05, 0.1) is 11.6 Å². The number of benzene rings is 2. The molecule has 2 aromatic rings. The van der Waals surface area contributed by atoms with E-state index in [-0.39, 0.29) is 11.9 Å². The summed E-state index contributed by atoms with van der Waals surface area (Å²) in [6, 6.07) is 14.5. The first-order chi connectivity index (χ1) is 9.08. The van der Waals surface area contributed by atoms with Crippen LogP contribution in [0.25, 0.3) is 10.8 Å². The first-order valence-corrected chi connectivity index (χ1v) is 6.67. The smallest absolute Gasteiger partial charge is 0.240 e. The normalized spacial score (nSPS) is 18.0. The fourth-order valence-electron chi connectivity index (χ4n) is 2.26. The van der Waals surface area contributed by atoms with Crippen molar-refractivity contribution in [3.8, 4) is 0 Å². The molecule has 98 valence electrons. The van der Waals surface area contributed by atoms with Crippen LogP contribution >= 0.6 is 0 Å². The lowest BCUT2D eigenvalue weighted by molar-refractivity contribution is -0.123. The molecule has 3 rings (SSSR count). The zero-order chi connectivity index (χ0) is 13.5. The van der Waals surface area contributed by atoms with Crippen LogP contribution in [-0.2, 0) is 4.79 Å². The molecule has 1 aliphatic carbocycles. The van der Waals surface area contributed by atoms with Gasteiger partial charge in [0.15, 0.2) is 0 Å². The van der Waals surface area contributed by atoms with E-state index in [4.69, 9.17) is 5.73 Å². The highest BCUT2D eigenvalue weighted by Crippen LogP contribution is 2.33. The average Bonchev–Trinajstić information content (AvgIpc) is 3.17. The lowest BCUT2D eigenvalue weighted by atomic mass is 10.0. The van der Waals surface area contributed by atoms with Crippen LogP contribution in [0.3, 0.4) is 0 Å². The van der Waals surface area contributed by atoms with Gasteiger partial charge in [0, 0.05) is 0 Å². The van der Waals surface area contributed by atoms with Crippen molar-refractivity contribution in [2.45, 2.75) is 31.3 Å². The highest BCUT2D eigenvalue weighted by Gasteiger charge is 2.46. The van der Waals surface area contributed by atoms with Gasteiger partial charge in [-0.3, -0.25) is 4.79 Å². The Bertz CT molecular complexity index is 631. The van der Waals surface area contributed by atoms with Crippen molar-refractivity contribution >= 4 is 16.7 Å². The number of hydrogen-bond acceptors (Lipinski definition) is 2. The molecule has 0 aromatic heterocycles. The standard InChI is InChI=1S/C16H18N2O/c1-11(18-15(19)16(17)8-9-16)13-7-6-12-4-2-3-5-14(12)10-13/h2-7,10-11H,8-9,17H2,1H3,(H,18,19). The Hall–Kier alpha value is -1.87. The van der Waals surface area contributed by atoms with Crippen molar-refractivity contribution in [2.24, 2.45) is 5.73 Å². The van der Waals surface area contributed by atoms with Crippen molar-refractivity contribution < 1.29 is 4.79 Å². The summed E-state index contributed by atoms with van der Waals surface area (Å²) in [4.78, 5) is 11.9. The van der Waals surface area contributed by atoms with Gasteiger partial charge in [-0.15, -0.1) is 0 Å². The van der Waals surface area contributed by atoms with E-state index in [1.807, 2.05) is 19.1 Å². The second-order valence-corrected chi connectivity index (χ2v) is 5.46. The first kappa shape index (κ1) is 12.2. The maximum atomic E-state index is 11.9. The Labute approximate surface area is 112 Å². The zero-order valence-electron chi connectivity index (χ0n) is 11.0. The van der Waals surface area contributed by atoms with Crippen molar-refractivity contribution in [3.63, 3.8) is 0 Å². The van der Waals surface area contributed by atoms with E-state index >= 15 is 0 Å². The average molecular weight is 254 g/mol. The third kappa shape index (κ3) is 2.34. The van der Waals surface area contributed by atoms with E-state index in [1.165, 1.54) is 10.8 Å². The van der Waals surface area contributed by atoms with Crippen molar-refractivity contribution in [3.05, 3.63) is 48.0 Å². The van der Waals surface area contributed by atoms with E-state index < -0.39 is 5.54 Å². The van der Waals surface area contributed by atoms with Gasteiger partial charge >= 0.3 is 0 Å². The molecule has 19 heavy (non-hydrogen) atoms. The maximum Gasteiger partial charge on any atom is 0.240 e. The largest absolute Gasteiger partial charge is 0.348 e. The monoisotopic (exact) mass is 254 g/mol. The van der Waals surface area contributed by atoms with Gasteiger partial charge in [0.1, 0.15) is 0 Å². The number of carbonyl (C=O) groups excluding carboxylic acids is 1. The number of fused-ring (bicyclic) bond motifs is 1. The van der Waals surface area contributed by atoms with Crippen LogP contribution in [0.15, 0.2) is 42.5 Å². The number of hydrogen-bond donors (Lipinski definition) is 2. The molecule has 3 heteroatoms. The van der Waals surface area contributed by atoms with Gasteiger partial charge in [0.25, 0.3) is 0 Å². The Morgan fingerprint density at radius 1 is 1.21 bits per heavy atom. The van der Waals surface area contributed by atoms with Crippen LogP contribution in [0.1, 0.15) is 31.4 Å². The molecule has 1 aliphatic rings. The van der Waals surface area contributed by atoms with Crippen LogP contribution in [0.4, 0.5) is 0 Å². The lowest BCUT2D eigenvalue weighted by Gasteiger charge is -2.17. The summed E-state index contributed by atoms with van der Waals surface area (Å²) >= 11 is 0. The van der Waals surface area contributed by atoms with E-state index in [0.29, 0.717) is 0 Å². The summed E-state index contributed by atoms with van der Waals surface area (Å²) in [5.74, 6) is -0.0341. The Balaban J connectivity index is 1.81. The van der Waals surface area contributed by atoms with Crippen molar-refractivity contribution in [2.75, 3.05) is 0 Å². The van der Waals surface area contributed by atoms with E-state index in [0.717, 1.165) is 18.4 Å². The molecule has 3 nitrogen and oxygen atoms in total. The molecule has 1 amide bonds. The molecule has 1 fully saturated rings. The number of nitrogens with two attached hydrogens (primary N) is 1. The quantitative estimate of drug-likeness (QED) is 0.884. The lowest BCUT2D eigenvalue weighted by Crippen LogP contribution is -2.43. The molecule has 2 aromatic carbocycles. The topological polar surface area (TPSA) is 55.1 Å². The Morgan fingerprint density at radius 3 is 2.58 bits per heavy atom. The molecule has 0 bridgehead atoms. The second-order valence-electron chi connectivity index (χ2n) is 5.46. The van der Waals surface area contributed by atoms with Gasteiger partial charge in [-0.25, -0.2) is 0 Å². The predicted molar refractivity (Wildman–Crippen MR) is 76.7 cm³/mol. The fraction of sp³-hybridized carbons (Fsp3) is 0.312. The molecule has 0 aliphatic heterocycles. The summed E-state index contributed by atoms with van der Waals surface area (Å²) in [5.41, 5.74) is 6.40. The van der Waals surface area contributed by atoms with Gasteiger partial charge in [0.2, 0.25) is 5.91 Å². The molecule has 0 saturated heterocycles. The summed E-state index contributed by atoms with van der Waals surface area (Å²) < 4.78 is 0. The minimum absolute atomic E-state index is 0.0156. The predicted octanol–water partition coefficient (Wildman–Crippen LogP) is 2.51.